The minimum absolute atomic E-state index is 0.101. The highest BCUT2D eigenvalue weighted by molar-refractivity contribution is 7.13. The van der Waals surface area contributed by atoms with E-state index in [0.29, 0.717) is 28.3 Å². The predicted molar refractivity (Wildman–Crippen MR) is 133 cm³/mol. The number of aliphatic carboxylic acids is 1. The van der Waals surface area contributed by atoms with Crippen molar-refractivity contribution in [2.45, 2.75) is 38.1 Å². The van der Waals surface area contributed by atoms with E-state index in [-0.39, 0.29) is 29.7 Å². The number of halogens is 3. The molecule has 0 amide bonds. The highest BCUT2D eigenvalue weighted by Gasteiger charge is 2.45. The molecule has 8 nitrogen and oxygen atoms in total. The number of rotatable bonds is 8. The van der Waals surface area contributed by atoms with Crippen LogP contribution in [0.1, 0.15) is 37.1 Å². The number of nitrogen functional groups attached to an aromatic ring is 1. The van der Waals surface area contributed by atoms with Crippen LogP contribution in [0.5, 0.6) is 5.88 Å². The Morgan fingerprint density at radius 3 is 2.68 bits per heavy atom. The smallest absolute Gasteiger partial charge is 0.429 e. The summed E-state index contributed by atoms with van der Waals surface area (Å²) in [6.07, 6.45) is -1.37. The van der Waals surface area contributed by atoms with Crippen molar-refractivity contribution in [2.24, 2.45) is 11.7 Å². The molecule has 194 valence electrons. The van der Waals surface area contributed by atoms with Gasteiger partial charge in [-0.05, 0) is 24.3 Å². The average Bonchev–Trinajstić information content (AvgIpc) is 3.36. The number of nitrogens with two attached hydrogens (primary N) is 2. The SMILES string of the molecule is CC1CC(C[C@H](N)C(=O)O)=CC=C1c1cc(OC(c2ccccc2-c2nccs2)C(F)(F)F)nc(N)n1. The van der Waals surface area contributed by atoms with Crippen LogP contribution in [0.25, 0.3) is 16.1 Å². The lowest BCUT2D eigenvalue weighted by molar-refractivity contribution is -0.198. The van der Waals surface area contributed by atoms with Crippen LogP contribution < -0.4 is 16.2 Å². The van der Waals surface area contributed by atoms with Crippen LogP contribution in [0.4, 0.5) is 19.1 Å². The van der Waals surface area contributed by atoms with Crippen molar-refractivity contribution in [2.75, 3.05) is 5.73 Å². The Morgan fingerprint density at radius 1 is 1.27 bits per heavy atom. The quantitative estimate of drug-likeness (QED) is 0.369. The Bertz CT molecular complexity index is 1340. The standard InChI is InChI=1S/C25H24F3N5O3S/c1-13-10-14(11-18(29)23(34)35)6-7-15(13)19-12-20(33-24(30)32-19)36-21(25(26,27)28)16-4-2-3-5-17(16)22-31-8-9-37-22/h2-9,12-13,18,21H,10-11,29H2,1H3,(H,34,35)(H2,30,32,33)/t13?,18-,21?/m0/s1. The fourth-order valence-corrected chi connectivity index (χ4v) is 4.84. The Labute approximate surface area is 214 Å². The maximum atomic E-state index is 14.2. The van der Waals surface area contributed by atoms with Crippen LogP contribution in [0, 0.1) is 5.92 Å². The number of allylic oxidation sites excluding steroid dienone is 3. The maximum Gasteiger partial charge on any atom is 0.429 e. The molecule has 2 aromatic heterocycles. The summed E-state index contributed by atoms with van der Waals surface area (Å²) in [5.41, 5.74) is 13.6. The van der Waals surface area contributed by atoms with E-state index in [2.05, 4.69) is 15.0 Å². The zero-order chi connectivity index (χ0) is 26.7. The zero-order valence-electron chi connectivity index (χ0n) is 19.6. The van der Waals surface area contributed by atoms with Gasteiger partial charge < -0.3 is 21.3 Å². The van der Waals surface area contributed by atoms with Gasteiger partial charge in [0.2, 0.25) is 17.9 Å². The van der Waals surface area contributed by atoms with Crippen LogP contribution in [0.2, 0.25) is 0 Å². The van der Waals surface area contributed by atoms with Gasteiger partial charge in [-0.1, -0.05) is 48.9 Å². The van der Waals surface area contributed by atoms with Crippen molar-refractivity contribution >= 4 is 28.8 Å². The first kappa shape index (κ1) is 26.3. The number of hydrogen-bond donors (Lipinski definition) is 3. The van der Waals surface area contributed by atoms with E-state index < -0.39 is 24.3 Å². The number of carboxylic acid groups (broad SMARTS) is 1. The highest BCUT2D eigenvalue weighted by Crippen LogP contribution is 2.42. The second-order valence-corrected chi connectivity index (χ2v) is 9.51. The fraction of sp³-hybridized carbons (Fsp3) is 0.280. The minimum Gasteiger partial charge on any atom is -0.480 e. The summed E-state index contributed by atoms with van der Waals surface area (Å²) in [5, 5.41) is 11.2. The number of carbonyl (C=O) groups is 1. The molecule has 1 aromatic carbocycles. The summed E-state index contributed by atoms with van der Waals surface area (Å²) >= 11 is 1.22. The molecule has 1 aliphatic rings. The monoisotopic (exact) mass is 531 g/mol. The molecule has 0 saturated heterocycles. The molecule has 0 fully saturated rings. The van der Waals surface area contributed by atoms with Crippen molar-refractivity contribution < 1.29 is 27.8 Å². The normalized spacial score (nSPS) is 17.5. The molecule has 0 radical (unpaired) electrons. The number of alkyl halides is 3. The lowest BCUT2D eigenvalue weighted by Gasteiger charge is -2.25. The fourth-order valence-electron chi connectivity index (χ4n) is 4.16. The summed E-state index contributed by atoms with van der Waals surface area (Å²) in [5.74, 6) is -1.77. The van der Waals surface area contributed by atoms with Crippen molar-refractivity contribution in [3.05, 3.63) is 70.9 Å². The third-order valence-corrected chi connectivity index (χ3v) is 6.66. The number of ether oxygens (including phenoxy) is 1. The summed E-state index contributed by atoms with van der Waals surface area (Å²) in [4.78, 5) is 23.3. The summed E-state index contributed by atoms with van der Waals surface area (Å²) in [6.45, 7) is 1.90. The van der Waals surface area contributed by atoms with Gasteiger partial charge in [-0.2, -0.15) is 18.2 Å². The molecule has 2 unspecified atom stereocenters. The van der Waals surface area contributed by atoms with Gasteiger partial charge in [-0.15, -0.1) is 11.3 Å². The molecule has 3 atom stereocenters. The van der Waals surface area contributed by atoms with Crippen molar-refractivity contribution in [1.29, 1.82) is 0 Å². The predicted octanol–water partition coefficient (Wildman–Crippen LogP) is 5.02. The Kier molecular flexibility index (Phi) is 7.60. The number of hydrogen-bond acceptors (Lipinski definition) is 8. The topological polar surface area (TPSA) is 137 Å². The van der Waals surface area contributed by atoms with Crippen LogP contribution in [0.15, 0.2) is 59.6 Å². The second kappa shape index (κ2) is 10.7. The molecule has 0 spiro atoms. The Morgan fingerprint density at radius 2 is 2.03 bits per heavy atom. The first-order valence-corrected chi connectivity index (χ1v) is 12.2. The molecule has 37 heavy (non-hydrogen) atoms. The number of carboxylic acids is 1. The van der Waals surface area contributed by atoms with E-state index >= 15 is 0 Å². The third kappa shape index (κ3) is 6.15. The van der Waals surface area contributed by atoms with Gasteiger partial charge in [0, 0.05) is 28.8 Å². The van der Waals surface area contributed by atoms with Crippen LogP contribution in [-0.2, 0) is 4.79 Å². The number of aromatic nitrogens is 3. The summed E-state index contributed by atoms with van der Waals surface area (Å²) in [7, 11) is 0. The summed E-state index contributed by atoms with van der Waals surface area (Å²) in [6, 6.07) is 6.35. The number of anilines is 1. The van der Waals surface area contributed by atoms with Gasteiger partial charge in [0.05, 0.1) is 5.69 Å². The van der Waals surface area contributed by atoms with Gasteiger partial charge >= 0.3 is 12.1 Å². The summed E-state index contributed by atoms with van der Waals surface area (Å²) < 4.78 is 48.2. The molecule has 12 heteroatoms. The van der Waals surface area contributed by atoms with E-state index in [0.717, 1.165) is 5.57 Å². The zero-order valence-corrected chi connectivity index (χ0v) is 20.5. The number of benzene rings is 1. The highest BCUT2D eigenvalue weighted by atomic mass is 32.1. The Balaban J connectivity index is 1.67. The molecule has 5 N–H and O–H groups in total. The molecule has 3 aromatic rings. The molecule has 0 aliphatic heterocycles. The number of thiazole rings is 1. The number of nitrogens with zero attached hydrogens (tertiary/aromatic N) is 3. The van der Waals surface area contributed by atoms with E-state index in [4.69, 9.17) is 21.3 Å². The second-order valence-electron chi connectivity index (χ2n) is 8.61. The van der Waals surface area contributed by atoms with E-state index in [1.165, 1.54) is 35.7 Å². The van der Waals surface area contributed by atoms with Crippen molar-refractivity contribution in [3.63, 3.8) is 0 Å². The van der Waals surface area contributed by atoms with Crippen LogP contribution >= 0.6 is 11.3 Å². The van der Waals surface area contributed by atoms with Gasteiger partial charge in [-0.25, -0.2) is 9.97 Å². The lowest BCUT2D eigenvalue weighted by atomic mass is 9.84. The molecule has 1 aliphatic carbocycles. The van der Waals surface area contributed by atoms with Crippen molar-refractivity contribution in [1.82, 2.24) is 15.0 Å². The van der Waals surface area contributed by atoms with Crippen LogP contribution in [-0.4, -0.2) is 38.2 Å². The van der Waals surface area contributed by atoms with E-state index in [1.54, 1.807) is 29.7 Å². The first-order valence-electron chi connectivity index (χ1n) is 11.3. The van der Waals surface area contributed by atoms with Gasteiger partial charge in [0.1, 0.15) is 11.0 Å². The van der Waals surface area contributed by atoms with Gasteiger partial charge in [0.25, 0.3) is 0 Å². The molecule has 4 rings (SSSR count). The first-order chi connectivity index (χ1) is 17.5. The van der Waals surface area contributed by atoms with E-state index in [1.807, 2.05) is 6.92 Å². The largest absolute Gasteiger partial charge is 0.480 e. The van der Waals surface area contributed by atoms with Gasteiger partial charge in [0.15, 0.2) is 0 Å². The van der Waals surface area contributed by atoms with Crippen molar-refractivity contribution in [3.8, 4) is 16.5 Å². The Hall–Kier alpha value is -3.77. The maximum absolute atomic E-state index is 14.2. The molecule has 2 heterocycles. The van der Waals surface area contributed by atoms with Gasteiger partial charge in [-0.3, -0.25) is 4.79 Å². The average molecular weight is 532 g/mol. The third-order valence-electron chi connectivity index (χ3n) is 5.85. The minimum atomic E-state index is -4.76. The molecular weight excluding hydrogens is 507 g/mol. The molecule has 0 bridgehead atoms. The molecular formula is C25H24F3N5O3S. The van der Waals surface area contributed by atoms with Crippen LogP contribution in [0.3, 0.4) is 0 Å². The lowest BCUT2D eigenvalue weighted by Crippen LogP contribution is -2.30. The molecule has 0 saturated carbocycles. The van der Waals surface area contributed by atoms with E-state index in [9.17, 15) is 18.0 Å².